The van der Waals surface area contributed by atoms with Crippen LogP contribution in [0.3, 0.4) is 0 Å². The highest BCUT2D eigenvalue weighted by molar-refractivity contribution is 5.85. The van der Waals surface area contributed by atoms with Gasteiger partial charge >= 0.3 is 0 Å². The second-order valence-electron chi connectivity index (χ2n) is 5.89. The van der Waals surface area contributed by atoms with Crippen LogP contribution in [-0.2, 0) is 10.2 Å². The number of carbonyl (C=O) groups excluding carboxylic acids is 1. The third-order valence-electron chi connectivity index (χ3n) is 4.62. The molecule has 0 bridgehead atoms. The Morgan fingerprint density at radius 1 is 1.17 bits per heavy atom. The molecule has 6 heteroatoms. The molecule has 3 N–H and O–H groups in total. The van der Waals surface area contributed by atoms with Crippen LogP contribution < -0.4 is 20.5 Å². The number of halogens is 1. The Labute approximate surface area is 144 Å². The Morgan fingerprint density at radius 2 is 1.83 bits per heavy atom. The summed E-state index contributed by atoms with van der Waals surface area (Å²) in [5.74, 6) is 1.35. The van der Waals surface area contributed by atoms with Crippen LogP contribution in [0, 0.1) is 0 Å². The highest BCUT2D eigenvalue weighted by Gasteiger charge is 2.34. The highest BCUT2D eigenvalue weighted by atomic mass is 35.5. The zero-order valence-electron chi connectivity index (χ0n) is 13.9. The molecule has 1 aromatic carbocycles. The average molecular weight is 343 g/mol. The zero-order chi connectivity index (χ0) is 16.0. The predicted octanol–water partition coefficient (Wildman–Crippen LogP) is 2.40. The van der Waals surface area contributed by atoms with Crippen molar-refractivity contribution in [3.05, 3.63) is 23.8 Å². The summed E-state index contributed by atoms with van der Waals surface area (Å²) in [6, 6.07) is 6.06. The van der Waals surface area contributed by atoms with Gasteiger partial charge in [0.2, 0.25) is 5.91 Å². The average Bonchev–Trinajstić information content (AvgIpc) is 2.59. The molecule has 0 atom stereocenters. The van der Waals surface area contributed by atoms with Crippen molar-refractivity contribution in [1.82, 2.24) is 5.32 Å². The Bertz CT molecular complexity index is 517. The van der Waals surface area contributed by atoms with Gasteiger partial charge in [0, 0.05) is 12.0 Å². The lowest BCUT2D eigenvalue weighted by molar-refractivity contribution is -0.120. The highest BCUT2D eigenvalue weighted by Crippen LogP contribution is 2.41. The normalized spacial score (nSPS) is 16.1. The summed E-state index contributed by atoms with van der Waals surface area (Å²) < 4.78 is 10.7. The van der Waals surface area contributed by atoms with Crippen LogP contribution in [0.1, 0.15) is 37.7 Å². The van der Waals surface area contributed by atoms with Gasteiger partial charge in [-0.1, -0.05) is 25.3 Å². The van der Waals surface area contributed by atoms with Crippen molar-refractivity contribution < 1.29 is 14.3 Å². The largest absolute Gasteiger partial charge is 0.493 e. The molecule has 0 aromatic heterocycles. The summed E-state index contributed by atoms with van der Waals surface area (Å²) >= 11 is 0. The van der Waals surface area contributed by atoms with Crippen LogP contribution in [0.2, 0.25) is 0 Å². The van der Waals surface area contributed by atoms with Gasteiger partial charge in [-0.05, 0) is 30.5 Å². The summed E-state index contributed by atoms with van der Waals surface area (Å²) in [7, 11) is 3.28. The van der Waals surface area contributed by atoms with Crippen molar-refractivity contribution in [3.63, 3.8) is 0 Å². The molecule has 1 amide bonds. The number of methoxy groups -OCH3 is 2. The van der Waals surface area contributed by atoms with Gasteiger partial charge in [-0.25, -0.2) is 0 Å². The summed E-state index contributed by atoms with van der Waals surface area (Å²) in [4.78, 5) is 11.6. The standard InChI is InChI=1S/C17H26N2O3.ClH/c1-21-14-7-6-13(10-15(14)22-2)17(8-4-3-5-9-17)12-19-16(20)11-18;/h6-7,10H,3-5,8-9,11-12,18H2,1-2H3,(H,19,20);1H. The van der Waals surface area contributed by atoms with E-state index in [0.717, 1.165) is 24.3 Å². The maximum absolute atomic E-state index is 11.6. The van der Waals surface area contributed by atoms with Gasteiger partial charge in [0.1, 0.15) is 0 Å². The number of amides is 1. The number of ether oxygens (including phenoxy) is 2. The lowest BCUT2D eigenvalue weighted by atomic mass is 9.69. The molecule has 1 aliphatic rings. The van der Waals surface area contributed by atoms with Crippen LogP contribution >= 0.6 is 12.4 Å². The van der Waals surface area contributed by atoms with Crippen molar-refractivity contribution in [2.24, 2.45) is 5.73 Å². The predicted molar refractivity (Wildman–Crippen MR) is 93.6 cm³/mol. The van der Waals surface area contributed by atoms with E-state index in [4.69, 9.17) is 15.2 Å². The Hall–Kier alpha value is -1.46. The van der Waals surface area contributed by atoms with E-state index in [1.807, 2.05) is 12.1 Å². The first-order valence-corrected chi connectivity index (χ1v) is 7.84. The van der Waals surface area contributed by atoms with Gasteiger partial charge in [0.25, 0.3) is 0 Å². The molecular weight excluding hydrogens is 316 g/mol. The van der Waals surface area contributed by atoms with Gasteiger partial charge < -0.3 is 20.5 Å². The van der Waals surface area contributed by atoms with E-state index in [-0.39, 0.29) is 30.3 Å². The van der Waals surface area contributed by atoms with Gasteiger partial charge in [-0.3, -0.25) is 4.79 Å². The SMILES string of the molecule is COc1ccc(C2(CNC(=O)CN)CCCCC2)cc1OC.Cl. The zero-order valence-corrected chi connectivity index (χ0v) is 14.7. The van der Waals surface area contributed by atoms with E-state index in [9.17, 15) is 4.79 Å². The topological polar surface area (TPSA) is 73.6 Å². The summed E-state index contributed by atoms with van der Waals surface area (Å²) in [6.45, 7) is 0.653. The van der Waals surface area contributed by atoms with E-state index in [0.29, 0.717) is 6.54 Å². The number of carbonyl (C=O) groups is 1. The molecular formula is C17H27ClN2O3. The fourth-order valence-corrected chi connectivity index (χ4v) is 3.30. The minimum Gasteiger partial charge on any atom is -0.493 e. The van der Waals surface area contributed by atoms with Gasteiger partial charge in [-0.15, -0.1) is 12.4 Å². The minimum atomic E-state index is -0.106. The quantitative estimate of drug-likeness (QED) is 0.832. The number of rotatable bonds is 6. The molecule has 1 aromatic rings. The van der Waals surface area contributed by atoms with Crippen LogP contribution in [-0.4, -0.2) is 33.2 Å². The first kappa shape index (κ1) is 19.6. The van der Waals surface area contributed by atoms with Crippen molar-refractivity contribution in [1.29, 1.82) is 0 Å². The molecule has 130 valence electrons. The summed E-state index contributed by atoms with van der Waals surface area (Å²) in [5, 5.41) is 2.97. The lowest BCUT2D eigenvalue weighted by Crippen LogP contribution is -2.44. The molecule has 0 heterocycles. The molecule has 2 rings (SSSR count). The van der Waals surface area contributed by atoms with Gasteiger partial charge in [-0.2, -0.15) is 0 Å². The molecule has 0 aliphatic heterocycles. The minimum absolute atomic E-state index is 0. The molecule has 0 radical (unpaired) electrons. The number of nitrogens with two attached hydrogens (primary N) is 1. The first-order valence-electron chi connectivity index (χ1n) is 7.84. The molecule has 23 heavy (non-hydrogen) atoms. The molecule has 0 saturated heterocycles. The van der Waals surface area contributed by atoms with Crippen LogP contribution in [0.4, 0.5) is 0 Å². The monoisotopic (exact) mass is 342 g/mol. The molecule has 0 unspecified atom stereocenters. The summed E-state index contributed by atoms with van der Waals surface area (Å²) in [5.41, 5.74) is 6.56. The lowest BCUT2D eigenvalue weighted by Gasteiger charge is -2.38. The van der Waals surface area contributed by atoms with E-state index >= 15 is 0 Å². The maximum Gasteiger partial charge on any atom is 0.233 e. The molecule has 5 nitrogen and oxygen atoms in total. The number of hydrogen-bond acceptors (Lipinski definition) is 4. The Balaban J connectivity index is 0.00000264. The number of hydrogen-bond donors (Lipinski definition) is 2. The van der Waals surface area contributed by atoms with Crippen LogP contribution in [0.5, 0.6) is 11.5 Å². The Morgan fingerprint density at radius 3 is 2.39 bits per heavy atom. The maximum atomic E-state index is 11.6. The Kier molecular flexibility index (Phi) is 7.65. The van der Waals surface area contributed by atoms with E-state index < -0.39 is 0 Å². The smallest absolute Gasteiger partial charge is 0.233 e. The van der Waals surface area contributed by atoms with E-state index in [2.05, 4.69) is 11.4 Å². The van der Waals surface area contributed by atoms with Crippen molar-refractivity contribution in [2.45, 2.75) is 37.5 Å². The summed E-state index contributed by atoms with van der Waals surface area (Å²) in [6.07, 6.45) is 5.72. The second kappa shape index (κ2) is 8.99. The fourth-order valence-electron chi connectivity index (χ4n) is 3.30. The molecule has 1 fully saturated rings. The van der Waals surface area contributed by atoms with Gasteiger partial charge in [0.15, 0.2) is 11.5 Å². The van der Waals surface area contributed by atoms with Crippen LogP contribution in [0.15, 0.2) is 18.2 Å². The fraction of sp³-hybridized carbons (Fsp3) is 0.588. The molecule has 1 aliphatic carbocycles. The van der Waals surface area contributed by atoms with Crippen molar-refractivity contribution >= 4 is 18.3 Å². The van der Waals surface area contributed by atoms with Crippen LogP contribution in [0.25, 0.3) is 0 Å². The van der Waals surface area contributed by atoms with E-state index in [1.165, 1.54) is 24.8 Å². The third-order valence-corrected chi connectivity index (χ3v) is 4.62. The first-order chi connectivity index (χ1) is 10.6. The number of nitrogens with one attached hydrogen (secondary N) is 1. The van der Waals surface area contributed by atoms with Crippen molar-refractivity contribution in [2.75, 3.05) is 27.3 Å². The number of benzene rings is 1. The molecule has 1 saturated carbocycles. The second-order valence-corrected chi connectivity index (χ2v) is 5.89. The third kappa shape index (κ3) is 4.52. The molecule has 0 spiro atoms. The van der Waals surface area contributed by atoms with Gasteiger partial charge in [0.05, 0.1) is 20.8 Å². The van der Waals surface area contributed by atoms with E-state index in [1.54, 1.807) is 14.2 Å². The van der Waals surface area contributed by atoms with Crippen molar-refractivity contribution in [3.8, 4) is 11.5 Å².